The summed E-state index contributed by atoms with van der Waals surface area (Å²) >= 11 is 4.83. The first-order valence-electron chi connectivity index (χ1n) is 5.10. The molecule has 0 aliphatic rings. The van der Waals surface area contributed by atoms with E-state index in [0.717, 1.165) is 15.0 Å². The summed E-state index contributed by atoms with van der Waals surface area (Å²) in [6.45, 7) is 1.89. The number of aryl methyl sites for hydroxylation is 1. The SMILES string of the molecule is Cc1nc(C(O)Cc2cc(F)ccc2Br)cs1. The summed E-state index contributed by atoms with van der Waals surface area (Å²) in [6, 6.07) is 4.45. The number of halogens is 2. The average Bonchev–Trinajstić information content (AvgIpc) is 2.70. The Morgan fingerprint density at radius 3 is 2.94 bits per heavy atom. The zero-order chi connectivity index (χ0) is 12.4. The second kappa shape index (κ2) is 5.25. The van der Waals surface area contributed by atoms with Gasteiger partial charge in [0.1, 0.15) is 11.9 Å². The predicted octanol–water partition coefficient (Wildman–Crippen LogP) is 3.63. The number of aliphatic hydroxyl groups is 1. The molecule has 1 N–H and O–H groups in total. The zero-order valence-corrected chi connectivity index (χ0v) is 11.6. The first-order chi connectivity index (χ1) is 8.06. The molecule has 0 spiro atoms. The Morgan fingerprint density at radius 2 is 2.29 bits per heavy atom. The van der Waals surface area contributed by atoms with E-state index in [2.05, 4.69) is 20.9 Å². The van der Waals surface area contributed by atoms with Gasteiger partial charge in [0.05, 0.1) is 10.7 Å². The first kappa shape index (κ1) is 12.7. The smallest absolute Gasteiger partial charge is 0.123 e. The molecule has 0 bridgehead atoms. The second-order valence-electron chi connectivity index (χ2n) is 3.75. The lowest BCUT2D eigenvalue weighted by atomic mass is 10.1. The van der Waals surface area contributed by atoms with Crippen molar-refractivity contribution >= 4 is 27.3 Å². The molecule has 0 saturated heterocycles. The van der Waals surface area contributed by atoms with Crippen LogP contribution in [-0.4, -0.2) is 10.1 Å². The number of aliphatic hydroxyl groups excluding tert-OH is 1. The lowest BCUT2D eigenvalue weighted by Crippen LogP contribution is -2.03. The van der Waals surface area contributed by atoms with Gasteiger partial charge in [0.2, 0.25) is 0 Å². The van der Waals surface area contributed by atoms with E-state index in [0.29, 0.717) is 12.1 Å². The van der Waals surface area contributed by atoms with Crippen LogP contribution in [0, 0.1) is 12.7 Å². The number of aromatic nitrogens is 1. The maximum absolute atomic E-state index is 13.1. The summed E-state index contributed by atoms with van der Waals surface area (Å²) in [5.41, 5.74) is 1.38. The van der Waals surface area contributed by atoms with Gasteiger partial charge >= 0.3 is 0 Å². The van der Waals surface area contributed by atoms with Crippen LogP contribution in [0.4, 0.5) is 4.39 Å². The molecule has 0 aliphatic carbocycles. The van der Waals surface area contributed by atoms with E-state index >= 15 is 0 Å². The van der Waals surface area contributed by atoms with E-state index in [1.165, 1.54) is 23.5 Å². The van der Waals surface area contributed by atoms with Crippen LogP contribution in [0.25, 0.3) is 0 Å². The molecule has 0 fully saturated rings. The third kappa shape index (κ3) is 3.12. The van der Waals surface area contributed by atoms with E-state index in [1.54, 1.807) is 6.07 Å². The molecule has 0 amide bonds. The van der Waals surface area contributed by atoms with Crippen molar-refractivity contribution in [3.05, 3.63) is 50.1 Å². The fraction of sp³-hybridized carbons (Fsp3) is 0.250. The Bertz CT molecular complexity index is 529. The third-order valence-electron chi connectivity index (χ3n) is 2.40. The molecular formula is C12H11BrFNOS. The normalized spacial score (nSPS) is 12.7. The summed E-state index contributed by atoms with van der Waals surface area (Å²) in [7, 11) is 0. The molecule has 2 aromatic rings. The molecule has 1 heterocycles. The number of rotatable bonds is 3. The molecule has 1 aromatic carbocycles. The Hall–Kier alpha value is -0.780. The molecular weight excluding hydrogens is 305 g/mol. The number of nitrogens with zero attached hydrogens (tertiary/aromatic N) is 1. The van der Waals surface area contributed by atoms with Crippen LogP contribution >= 0.6 is 27.3 Å². The summed E-state index contributed by atoms with van der Waals surface area (Å²) in [5.74, 6) is -0.301. The molecule has 90 valence electrons. The maximum Gasteiger partial charge on any atom is 0.123 e. The minimum absolute atomic E-state index is 0.301. The van der Waals surface area contributed by atoms with Crippen LogP contribution in [0.2, 0.25) is 0 Å². The van der Waals surface area contributed by atoms with Crippen LogP contribution in [0.1, 0.15) is 22.4 Å². The van der Waals surface area contributed by atoms with Gasteiger partial charge < -0.3 is 5.11 Å². The molecule has 2 nitrogen and oxygen atoms in total. The molecule has 1 atom stereocenters. The lowest BCUT2D eigenvalue weighted by Gasteiger charge is -2.09. The van der Waals surface area contributed by atoms with E-state index in [-0.39, 0.29) is 5.82 Å². The van der Waals surface area contributed by atoms with Gasteiger partial charge in [0, 0.05) is 16.3 Å². The highest BCUT2D eigenvalue weighted by Crippen LogP contribution is 2.25. The Morgan fingerprint density at radius 1 is 1.53 bits per heavy atom. The minimum atomic E-state index is -0.696. The molecule has 0 aliphatic heterocycles. The highest BCUT2D eigenvalue weighted by molar-refractivity contribution is 9.10. The monoisotopic (exact) mass is 315 g/mol. The van der Waals surface area contributed by atoms with E-state index in [4.69, 9.17) is 0 Å². The second-order valence-corrected chi connectivity index (χ2v) is 5.66. The third-order valence-corrected chi connectivity index (χ3v) is 3.96. The van der Waals surface area contributed by atoms with Gasteiger partial charge in [-0.15, -0.1) is 11.3 Å². The number of hydrogen-bond acceptors (Lipinski definition) is 3. The molecule has 0 radical (unpaired) electrons. The summed E-state index contributed by atoms with van der Waals surface area (Å²) in [5, 5.41) is 12.7. The minimum Gasteiger partial charge on any atom is -0.386 e. The Kier molecular flexibility index (Phi) is 3.91. The molecule has 1 unspecified atom stereocenters. The van der Waals surface area contributed by atoms with Crippen molar-refractivity contribution in [2.75, 3.05) is 0 Å². The van der Waals surface area contributed by atoms with Gasteiger partial charge in [0.15, 0.2) is 0 Å². The molecule has 1 aromatic heterocycles. The van der Waals surface area contributed by atoms with Crippen LogP contribution in [0.3, 0.4) is 0 Å². The van der Waals surface area contributed by atoms with Crippen molar-refractivity contribution < 1.29 is 9.50 Å². The van der Waals surface area contributed by atoms with Crippen molar-refractivity contribution in [2.24, 2.45) is 0 Å². The van der Waals surface area contributed by atoms with Crippen LogP contribution in [0.15, 0.2) is 28.1 Å². The van der Waals surface area contributed by atoms with E-state index in [9.17, 15) is 9.50 Å². The summed E-state index contributed by atoms with van der Waals surface area (Å²) < 4.78 is 13.9. The fourth-order valence-electron chi connectivity index (χ4n) is 1.55. The topological polar surface area (TPSA) is 33.1 Å². The average molecular weight is 316 g/mol. The van der Waals surface area contributed by atoms with Crippen molar-refractivity contribution in [3.8, 4) is 0 Å². The van der Waals surface area contributed by atoms with Crippen LogP contribution in [0.5, 0.6) is 0 Å². The largest absolute Gasteiger partial charge is 0.386 e. The van der Waals surface area contributed by atoms with Gasteiger partial charge in [-0.1, -0.05) is 15.9 Å². The van der Waals surface area contributed by atoms with E-state index < -0.39 is 6.10 Å². The van der Waals surface area contributed by atoms with Gasteiger partial charge in [-0.25, -0.2) is 9.37 Å². The van der Waals surface area contributed by atoms with Gasteiger partial charge in [-0.3, -0.25) is 0 Å². The van der Waals surface area contributed by atoms with Gasteiger partial charge in [0.25, 0.3) is 0 Å². The molecule has 17 heavy (non-hydrogen) atoms. The quantitative estimate of drug-likeness (QED) is 0.938. The highest BCUT2D eigenvalue weighted by atomic mass is 79.9. The first-order valence-corrected chi connectivity index (χ1v) is 6.77. The van der Waals surface area contributed by atoms with Gasteiger partial charge in [-0.05, 0) is 30.7 Å². The highest BCUT2D eigenvalue weighted by Gasteiger charge is 2.13. The maximum atomic E-state index is 13.1. The number of hydrogen-bond donors (Lipinski definition) is 1. The van der Waals surface area contributed by atoms with Gasteiger partial charge in [-0.2, -0.15) is 0 Å². The molecule has 5 heteroatoms. The zero-order valence-electron chi connectivity index (χ0n) is 9.15. The lowest BCUT2D eigenvalue weighted by molar-refractivity contribution is 0.174. The summed E-state index contributed by atoms with van der Waals surface area (Å²) in [4.78, 5) is 4.22. The fourth-order valence-corrected chi connectivity index (χ4v) is 2.61. The van der Waals surface area contributed by atoms with Crippen LogP contribution < -0.4 is 0 Å². The summed E-state index contributed by atoms with van der Waals surface area (Å²) in [6.07, 6.45) is -0.348. The number of thiazole rings is 1. The van der Waals surface area contributed by atoms with Crippen LogP contribution in [-0.2, 0) is 6.42 Å². The Labute approximate surface area is 111 Å². The van der Waals surface area contributed by atoms with Crippen molar-refractivity contribution in [1.29, 1.82) is 0 Å². The number of benzene rings is 1. The predicted molar refractivity (Wildman–Crippen MR) is 69.6 cm³/mol. The van der Waals surface area contributed by atoms with E-state index in [1.807, 2.05) is 12.3 Å². The van der Waals surface area contributed by atoms with Crippen molar-refractivity contribution in [1.82, 2.24) is 4.98 Å². The van der Waals surface area contributed by atoms with Crippen molar-refractivity contribution in [2.45, 2.75) is 19.4 Å². The molecule has 0 saturated carbocycles. The van der Waals surface area contributed by atoms with Crippen molar-refractivity contribution in [3.63, 3.8) is 0 Å². The standard InChI is InChI=1S/C12H11BrFNOS/c1-7-15-11(6-17-7)12(16)5-8-4-9(14)2-3-10(8)13/h2-4,6,12,16H,5H2,1H3. The Balaban J connectivity index is 2.18. The molecule has 2 rings (SSSR count).